The summed E-state index contributed by atoms with van der Waals surface area (Å²) in [6.07, 6.45) is 3.68. The highest BCUT2D eigenvalue weighted by Crippen LogP contribution is 2.27. The van der Waals surface area contributed by atoms with E-state index in [4.69, 9.17) is 4.74 Å². The van der Waals surface area contributed by atoms with E-state index in [1.807, 2.05) is 66.0 Å². The summed E-state index contributed by atoms with van der Waals surface area (Å²) in [6, 6.07) is 18.9. The van der Waals surface area contributed by atoms with Crippen molar-refractivity contribution in [2.24, 2.45) is 0 Å². The van der Waals surface area contributed by atoms with Crippen LogP contribution in [0.1, 0.15) is 25.3 Å². The summed E-state index contributed by atoms with van der Waals surface area (Å²) in [5.74, 6) is 0.354. The minimum atomic E-state index is -0.475. The lowest BCUT2D eigenvalue weighted by molar-refractivity contribution is -0.112. The molecule has 1 N–H and O–H groups in total. The monoisotopic (exact) mass is 403 g/mol. The van der Waals surface area contributed by atoms with Crippen molar-refractivity contribution in [2.45, 2.75) is 19.8 Å². The highest BCUT2D eigenvalue weighted by molar-refractivity contribution is 7.14. The van der Waals surface area contributed by atoms with Gasteiger partial charge in [0.05, 0.1) is 12.3 Å². The van der Waals surface area contributed by atoms with Gasteiger partial charge in [0, 0.05) is 10.9 Å². The first kappa shape index (κ1) is 20.3. The molecule has 1 aromatic heterocycles. The SMILES string of the molecule is CCCCOc1ccc(-c2csc(NC(=O)/C(C#N)=C/c3ccccc3)n2)cc1. The fourth-order valence-corrected chi connectivity index (χ4v) is 3.26. The molecule has 0 spiro atoms. The fraction of sp³-hybridized carbons (Fsp3) is 0.174. The summed E-state index contributed by atoms with van der Waals surface area (Å²) in [5.41, 5.74) is 2.52. The van der Waals surface area contributed by atoms with E-state index in [0.717, 1.165) is 35.4 Å². The number of carbonyl (C=O) groups excluding carboxylic acids is 1. The Morgan fingerprint density at radius 1 is 1.21 bits per heavy atom. The van der Waals surface area contributed by atoms with Crippen molar-refractivity contribution in [2.75, 3.05) is 11.9 Å². The summed E-state index contributed by atoms with van der Waals surface area (Å²) >= 11 is 1.32. The van der Waals surface area contributed by atoms with E-state index < -0.39 is 5.91 Å². The third-order valence-corrected chi connectivity index (χ3v) is 4.87. The number of thiazole rings is 1. The summed E-state index contributed by atoms with van der Waals surface area (Å²) in [7, 11) is 0. The third-order valence-electron chi connectivity index (χ3n) is 4.12. The minimum Gasteiger partial charge on any atom is -0.494 e. The van der Waals surface area contributed by atoms with Gasteiger partial charge in [0.2, 0.25) is 0 Å². The number of amides is 1. The number of nitriles is 1. The Morgan fingerprint density at radius 3 is 2.66 bits per heavy atom. The molecule has 0 bridgehead atoms. The zero-order valence-electron chi connectivity index (χ0n) is 16.1. The molecule has 0 aliphatic rings. The lowest BCUT2D eigenvalue weighted by Gasteiger charge is -2.05. The fourth-order valence-electron chi connectivity index (χ4n) is 2.55. The number of nitrogens with zero attached hydrogens (tertiary/aromatic N) is 2. The van der Waals surface area contributed by atoms with Gasteiger partial charge in [-0.25, -0.2) is 4.98 Å². The van der Waals surface area contributed by atoms with Crippen LogP contribution in [-0.2, 0) is 4.79 Å². The lowest BCUT2D eigenvalue weighted by atomic mass is 10.1. The zero-order valence-corrected chi connectivity index (χ0v) is 16.9. The second kappa shape index (κ2) is 10.2. The molecule has 0 unspecified atom stereocenters. The van der Waals surface area contributed by atoms with E-state index in [9.17, 15) is 10.1 Å². The molecule has 5 nitrogen and oxygen atoms in total. The van der Waals surface area contributed by atoms with E-state index in [2.05, 4.69) is 17.2 Å². The number of rotatable bonds is 8. The average Bonchev–Trinajstić information content (AvgIpc) is 3.22. The van der Waals surface area contributed by atoms with E-state index in [1.54, 1.807) is 6.08 Å². The molecule has 0 aliphatic carbocycles. The van der Waals surface area contributed by atoms with Crippen molar-refractivity contribution in [3.8, 4) is 23.1 Å². The van der Waals surface area contributed by atoms with Gasteiger partial charge < -0.3 is 4.74 Å². The Morgan fingerprint density at radius 2 is 1.97 bits per heavy atom. The molecule has 1 heterocycles. The first-order chi connectivity index (χ1) is 14.2. The predicted octanol–water partition coefficient (Wildman–Crippen LogP) is 5.53. The number of hydrogen-bond acceptors (Lipinski definition) is 5. The second-order valence-electron chi connectivity index (χ2n) is 6.30. The quantitative estimate of drug-likeness (QED) is 0.305. The van der Waals surface area contributed by atoms with Crippen LogP contribution in [0.25, 0.3) is 17.3 Å². The minimum absolute atomic E-state index is 0.0292. The van der Waals surface area contributed by atoms with Gasteiger partial charge in [-0.1, -0.05) is 43.7 Å². The molecule has 3 rings (SSSR count). The standard InChI is InChI=1S/C23H21N3O2S/c1-2-3-13-28-20-11-9-18(10-12-20)21-16-29-23(25-21)26-22(27)19(15-24)14-17-7-5-4-6-8-17/h4-12,14,16H,2-3,13H2,1H3,(H,25,26,27)/b19-14+. The van der Waals surface area contributed by atoms with Gasteiger partial charge in [0.15, 0.2) is 5.13 Å². The molecule has 0 radical (unpaired) electrons. The van der Waals surface area contributed by atoms with E-state index in [0.29, 0.717) is 11.7 Å². The maximum atomic E-state index is 12.4. The molecule has 0 aliphatic heterocycles. The van der Waals surface area contributed by atoms with Crippen LogP contribution in [0.4, 0.5) is 5.13 Å². The third kappa shape index (κ3) is 5.77. The van der Waals surface area contributed by atoms with Crippen molar-refractivity contribution in [3.05, 3.63) is 71.1 Å². The number of hydrogen-bond donors (Lipinski definition) is 1. The Kier molecular flexibility index (Phi) is 7.15. The van der Waals surface area contributed by atoms with Crippen LogP contribution in [0.15, 0.2) is 65.6 Å². The van der Waals surface area contributed by atoms with Crippen LogP contribution >= 0.6 is 11.3 Å². The summed E-state index contributed by atoms with van der Waals surface area (Å²) in [4.78, 5) is 16.9. The van der Waals surface area contributed by atoms with Crippen molar-refractivity contribution in [3.63, 3.8) is 0 Å². The number of nitrogens with one attached hydrogen (secondary N) is 1. The van der Waals surface area contributed by atoms with Gasteiger partial charge in [-0.15, -0.1) is 11.3 Å². The number of unbranched alkanes of at least 4 members (excludes halogenated alkanes) is 1. The van der Waals surface area contributed by atoms with Crippen LogP contribution in [-0.4, -0.2) is 17.5 Å². The van der Waals surface area contributed by atoms with Crippen LogP contribution in [0.5, 0.6) is 5.75 Å². The van der Waals surface area contributed by atoms with Gasteiger partial charge in [0.25, 0.3) is 5.91 Å². The first-order valence-corrected chi connectivity index (χ1v) is 10.2. The maximum absolute atomic E-state index is 12.4. The molecule has 1 amide bonds. The van der Waals surface area contributed by atoms with Crippen molar-refractivity contribution in [1.82, 2.24) is 4.98 Å². The lowest BCUT2D eigenvalue weighted by Crippen LogP contribution is -2.13. The van der Waals surface area contributed by atoms with Gasteiger partial charge in [-0.05, 0) is 42.3 Å². The van der Waals surface area contributed by atoms with Crippen LogP contribution in [0.2, 0.25) is 0 Å². The van der Waals surface area contributed by atoms with Crippen molar-refractivity contribution >= 4 is 28.5 Å². The largest absolute Gasteiger partial charge is 0.494 e. The molecule has 29 heavy (non-hydrogen) atoms. The number of aromatic nitrogens is 1. The number of benzene rings is 2. The smallest absolute Gasteiger partial charge is 0.268 e. The molecule has 0 atom stereocenters. The maximum Gasteiger partial charge on any atom is 0.268 e. The van der Waals surface area contributed by atoms with Gasteiger partial charge >= 0.3 is 0 Å². The number of ether oxygens (including phenoxy) is 1. The predicted molar refractivity (Wildman–Crippen MR) is 117 cm³/mol. The van der Waals surface area contributed by atoms with E-state index in [1.165, 1.54) is 11.3 Å². The van der Waals surface area contributed by atoms with Crippen LogP contribution in [0.3, 0.4) is 0 Å². The van der Waals surface area contributed by atoms with Gasteiger partial charge in [-0.3, -0.25) is 10.1 Å². The van der Waals surface area contributed by atoms with E-state index in [-0.39, 0.29) is 5.57 Å². The molecule has 0 saturated carbocycles. The molecule has 3 aromatic rings. The first-order valence-electron chi connectivity index (χ1n) is 9.36. The van der Waals surface area contributed by atoms with Crippen molar-refractivity contribution < 1.29 is 9.53 Å². The molecule has 0 fully saturated rings. The highest BCUT2D eigenvalue weighted by Gasteiger charge is 2.12. The molecular weight excluding hydrogens is 382 g/mol. The molecular formula is C23H21N3O2S. The Labute approximate surface area is 174 Å². The second-order valence-corrected chi connectivity index (χ2v) is 7.16. The summed E-state index contributed by atoms with van der Waals surface area (Å²) in [6.45, 7) is 2.84. The van der Waals surface area contributed by atoms with Gasteiger partial charge in [-0.2, -0.15) is 5.26 Å². The van der Waals surface area contributed by atoms with Crippen LogP contribution in [0, 0.1) is 11.3 Å². The van der Waals surface area contributed by atoms with Crippen molar-refractivity contribution in [1.29, 1.82) is 5.26 Å². The Balaban J connectivity index is 1.66. The number of carbonyl (C=O) groups is 1. The van der Waals surface area contributed by atoms with Crippen LogP contribution < -0.4 is 10.1 Å². The summed E-state index contributed by atoms with van der Waals surface area (Å²) < 4.78 is 5.67. The Bertz CT molecular complexity index is 1020. The molecule has 6 heteroatoms. The zero-order chi connectivity index (χ0) is 20.5. The molecule has 146 valence electrons. The molecule has 2 aromatic carbocycles. The summed E-state index contributed by atoms with van der Waals surface area (Å²) in [5, 5.41) is 14.3. The van der Waals surface area contributed by atoms with Gasteiger partial charge in [0.1, 0.15) is 17.4 Å². The molecule has 0 saturated heterocycles. The average molecular weight is 404 g/mol. The topological polar surface area (TPSA) is 75.0 Å². The highest BCUT2D eigenvalue weighted by atomic mass is 32.1. The van der Waals surface area contributed by atoms with E-state index >= 15 is 0 Å². The Hall–Kier alpha value is -3.43. The number of anilines is 1. The normalized spacial score (nSPS) is 11.0.